The van der Waals surface area contributed by atoms with E-state index >= 15 is 0 Å². The molecular weight excluding hydrogens is 354 g/mol. The van der Waals surface area contributed by atoms with Crippen molar-refractivity contribution in [3.05, 3.63) is 48.0 Å². The Hall–Kier alpha value is -2.77. The van der Waals surface area contributed by atoms with Gasteiger partial charge in [0.05, 0.1) is 12.5 Å². The average Bonchev–Trinajstić information content (AvgIpc) is 3.27. The summed E-state index contributed by atoms with van der Waals surface area (Å²) in [6.07, 6.45) is 3.48. The number of hydrogen-bond donors (Lipinski definition) is 0. The fourth-order valence-corrected chi connectivity index (χ4v) is 3.28. The standard InChI is InChI=1S/C19H22F2N4O2/c1-3-13-4-6-15(7-5-13)25-11-14(10-17(25)26)18(27)23(2)12-16-22-8-9-24(16)19(20)21/h4-9,14,19H,3,10-12H2,1-2H3. The number of benzene rings is 1. The number of alkyl halides is 2. The number of carbonyl (C=O) groups is 2. The second kappa shape index (κ2) is 7.85. The second-order valence-electron chi connectivity index (χ2n) is 6.65. The van der Waals surface area contributed by atoms with Crippen LogP contribution in [-0.2, 0) is 22.6 Å². The van der Waals surface area contributed by atoms with Crippen LogP contribution in [0.25, 0.3) is 0 Å². The monoisotopic (exact) mass is 376 g/mol. The van der Waals surface area contributed by atoms with E-state index in [0.29, 0.717) is 0 Å². The first-order valence-corrected chi connectivity index (χ1v) is 8.84. The first-order chi connectivity index (χ1) is 12.9. The summed E-state index contributed by atoms with van der Waals surface area (Å²) < 4.78 is 26.6. The summed E-state index contributed by atoms with van der Waals surface area (Å²) in [6.45, 7) is -0.399. The van der Waals surface area contributed by atoms with Gasteiger partial charge in [0, 0.05) is 38.1 Å². The predicted octanol–water partition coefficient (Wildman–Crippen LogP) is 2.85. The lowest BCUT2D eigenvalue weighted by Gasteiger charge is -2.21. The molecule has 0 N–H and O–H groups in total. The molecule has 1 aliphatic heterocycles. The van der Waals surface area contributed by atoms with Crippen LogP contribution >= 0.6 is 0 Å². The highest BCUT2D eigenvalue weighted by molar-refractivity contribution is 6.00. The van der Waals surface area contributed by atoms with Gasteiger partial charge in [-0.15, -0.1) is 0 Å². The van der Waals surface area contributed by atoms with Gasteiger partial charge in [-0.25, -0.2) is 4.98 Å². The molecule has 27 heavy (non-hydrogen) atoms. The molecule has 1 aromatic carbocycles. The molecule has 1 unspecified atom stereocenters. The van der Waals surface area contributed by atoms with Crippen molar-refractivity contribution in [2.75, 3.05) is 18.5 Å². The summed E-state index contributed by atoms with van der Waals surface area (Å²) in [7, 11) is 1.54. The number of aryl methyl sites for hydroxylation is 1. The van der Waals surface area contributed by atoms with Gasteiger partial charge in [-0.3, -0.25) is 14.2 Å². The van der Waals surface area contributed by atoms with Gasteiger partial charge >= 0.3 is 6.55 Å². The van der Waals surface area contributed by atoms with Crippen molar-refractivity contribution < 1.29 is 18.4 Å². The van der Waals surface area contributed by atoms with Crippen LogP contribution in [0.3, 0.4) is 0 Å². The average molecular weight is 376 g/mol. The van der Waals surface area contributed by atoms with Crippen molar-refractivity contribution in [1.29, 1.82) is 0 Å². The van der Waals surface area contributed by atoms with Gasteiger partial charge < -0.3 is 9.80 Å². The molecule has 8 heteroatoms. The molecule has 0 aliphatic carbocycles. The van der Waals surface area contributed by atoms with Gasteiger partial charge in [0.2, 0.25) is 11.8 Å². The number of halogens is 2. The number of nitrogens with zero attached hydrogens (tertiary/aromatic N) is 4. The lowest BCUT2D eigenvalue weighted by atomic mass is 10.1. The summed E-state index contributed by atoms with van der Waals surface area (Å²) in [5, 5.41) is 0. The number of rotatable bonds is 6. The number of amides is 2. The minimum Gasteiger partial charge on any atom is -0.338 e. The Balaban J connectivity index is 1.66. The maximum Gasteiger partial charge on any atom is 0.319 e. The zero-order valence-electron chi connectivity index (χ0n) is 15.3. The van der Waals surface area contributed by atoms with E-state index in [2.05, 4.69) is 11.9 Å². The molecule has 3 rings (SSSR count). The van der Waals surface area contributed by atoms with E-state index in [-0.39, 0.29) is 37.1 Å². The molecule has 1 aliphatic rings. The van der Waals surface area contributed by atoms with Crippen molar-refractivity contribution in [3.63, 3.8) is 0 Å². The van der Waals surface area contributed by atoms with Crippen molar-refractivity contribution >= 4 is 17.5 Å². The molecule has 2 aromatic rings. The van der Waals surface area contributed by atoms with Crippen LogP contribution in [-0.4, -0.2) is 39.9 Å². The molecule has 2 heterocycles. The van der Waals surface area contributed by atoms with Crippen LogP contribution in [0.5, 0.6) is 0 Å². The van der Waals surface area contributed by atoms with Crippen LogP contribution < -0.4 is 4.90 Å². The molecule has 0 saturated carbocycles. The van der Waals surface area contributed by atoms with Crippen LogP contribution in [0.1, 0.15) is 31.3 Å². The van der Waals surface area contributed by atoms with Gasteiger partial charge in [-0.1, -0.05) is 19.1 Å². The quantitative estimate of drug-likeness (QED) is 0.779. The first kappa shape index (κ1) is 19.0. The largest absolute Gasteiger partial charge is 0.338 e. The third-order valence-electron chi connectivity index (χ3n) is 4.84. The van der Waals surface area contributed by atoms with E-state index in [0.717, 1.165) is 16.7 Å². The Kier molecular flexibility index (Phi) is 5.53. The van der Waals surface area contributed by atoms with Crippen molar-refractivity contribution in [2.24, 2.45) is 5.92 Å². The Bertz CT molecular complexity index is 819. The Morgan fingerprint density at radius 2 is 2.04 bits per heavy atom. The summed E-state index contributed by atoms with van der Waals surface area (Å²) in [5.41, 5.74) is 1.94. The van der Waals surface area contributed by atoms with Gasteiger partial charge in [-0.2, -0.15) is 8.78 Å². The minimum atomic E-state index is -2.71. The number of imidazole rings is 1. The molecule has 1 saturated heterocycles. The maximum atomic E-state index is 12.9. The van der Waals surface area contributed by atoms with Crippen LogP contribution in [0, 0.1) is 5.92 Å². The lowest BCUT2D eigenvalue weighted by molar-refractivity contribution is -0.135. The molecule has 2 amide bonds. The maximum absolute atomic E-state index is 12.9. The second-order valence-corrected chi connectivity index (χ2v) is 6.65. The fraction of sp³-hybridized carbons (Fsp3) is 0.421. The SMILES string of the molecule is CCc1ccc(N2CC(C(=O)N(C)Cc3nccn3C(F)F)CC2=O)cc1. The summed E-state index contributed by atoms with van der Waals surface area (Å²) in [6, 6.07) is 7.70. The molecule has 1 aromatic heterocycles. The van der Waals surface area contributed by atoms with Gasteiger partial charge in [0.1, 0.15) is 5.82 Å². The summed E-state index contributed by atoms with van der Waals surface area (Å²) in [5.74, 6) is -0.750. The summed E-state index contributed by atoms with van der Waals surface area (Å²) in [4.78, 5) is 31.9. The third kappa shape index (κ3) is 3.99. The van der Waals surface area contributed by atoms with E-state index in [1.165, 1.54) is 29.9 Å². The Morgan fingerprint density at radius 3 is 2.67 bits per heavy atom. The highest BCUT2D eigenvalue weighted by Gasteiger charge is 2.36. The van der Waals surface area contributed by atoms with E-state index < -0.39 is 12.5 Å². The summed E-state index contributed by atoms with van der Waals surface area (Å²) >= 11 is 0. The molecule has 1 fully saturated rings. The first-order valence-electron chi connectivity index (χ1n) is 8.84. The molecule has 0 bridgehead atoms. The van der Waals surface area contributed by atoms with E-state index in [4.69, 9.17) is 0 Å². The normalized spacial score (nSPS) is 17.0. The van der Waals surface area contributed by atoms with Crippen molar-refractivity contribution in [2.45, 2.75) is 32.9 Å². The minimum absolute atomic E-state index is 0.0357. The molecule has 6 nitrogen and oxygen atoms in total. The third-order valence-corrected chi connectivity index (χ3v) is 4.84. The zero-order valence-corrected chi connectivity index (χ0v) is 15.3. The van der Waals surface area contributed by atoms with E-state index in [9.17, 15) is 18.4 Å². The van der Waals surface area contributed by atoms with Crippen LogP contribution in [0.4, 0.5) is 14.5 Å². The van der Waals surface area contributed by atoms with E-state index in [1.807, 2.05) is 24.3 Å². The van der Waals surface area contributed by atoms with Crippen molar-refractivity contribution in [1.82, 2.24) is 14.5 Å². The number of hydrogen-bond acceptors (Lipinski definition) is 3. The predicted molar refractivity (Wildman–Crippen MR) is 96.2 cm³/mol. The topological polar surface area (TPSA) is 58.4 Å². The van der Waals surface area contributed by atoms with Crippen LogP contribution in [0.2, 0.25) is 0 Å². The fourth-order valence-electron chi connectivity index (χ4n) is 3.28. The number of anilines is 1. The van der Waals surface area contributed by atoms with Gasteiger partial charge in [0.15, 0.2) is 0 Å². The highest BCUT2D eigenvalue weighted by Crippen LogP contribution is 2.27. The van der Waals surface area contributed by atoms with Gasteiger partial charge in [0.25, 0.3) is 0 Å². The highest BCUT2D eigenvalue weighted by atomic mass is 19.3. The molecule has 0 spiro atoms. The molecule has 144 valence electrons. The van der Waals surface area contributed by atoms with Gasteiger partial charge in [-0.05, 0) is 24.1 Å². The molecule has 1 atom stereocenters. The molecular formula is C19H22F2N4O2. The number of carbonyl (C=O) groups excluding carboxylic acids is 2. The smallest absolute Gasteiger partial charge is 0.319 e. The Morgan fingerprint density at radius 1 is 1.33 bits per heavy atom. The lowest BCUT2D eigenvalue weighted by Crippen LogP contribution is -2.35. The molecule has 0 radical (unpaired) electrons. The Labute approximate surface area is 156 Å². The van der Waals surface area contributed by atoms with E-state index in [1.54, 1.807) is 4.90 Å². The zero-order chi connectivity index (χ0) is 19.6. The number of aromatic nitrogens is 2. The van der Waals surface area contributed by atoms with Crippen molar-refractivity contribution in [3.8, 4) is 0 Å². The van der Waals surface area contributed by atoms with Crippen LogP contribution in [0.15, 0.2) is 36.7 Å².